The molecule has 0 spiro atoms. The smallest absolute Gasteiger partial charge is 0.235 e. The highest BCUT2D eigenvalue weighted by Gasteiger charge is 2.17. The molecule has 0 aliphatic rings. The van der Waals surface area contributed by atoms with Gasteiger partial charge in [-0.1, -0.05) is 28.1 Å². The van der Waals surface area contributed by atoms with E-state index in [0.717, 1.165) is 0 Å². The van der Waals surface area contributed by atoms with Crippen LogP contribution in [0.3, 0.4) is 0 Å². The SMILES string of the molecule is O=c1c(O)c(-c2ccccc2O)oc2ccc(Br)cc12. The molecule has 3 rings (SSSR count). The van der Waals surface area contributed by atoms with Crippen LogP contribution >= 0.6 is 15.9 Å². The van der Waals surface area contributed by atoms with Gasteiger partial charge in [0.05, 0.1) is 10.9 Å². The standard InChI is InChI=1S/C15H9BrO4/c16-8-5-6-12-10(7-8)13(18)14(19)15(20-12)9-3-1-2-4-11(9)17/h1-7,17,19H. The third-order valence-corrected chi connectivity index (χ3v) is 3.47. The highest BCUT2D eigenvalue weighted by atomic mass is 79.9. The van der Waals surface area contributed by atoms with Crippen molar-refractivity contribution < 1.29 is 14.6 Å². The molecule has 20 heavy (non-hydrogen) atoms. The normalized spacial score (nSPS) is 10.8. The van der Waals surface area contributed by atoms with E-state index in [1.807, 2.05) is 0 Å². The average Bonchev–Trinajstić information content (AvgIpc) is 2.44. The maximum atomic E-state index is 12.2. The zero-order valence-corrected chi connectivity index (χ0v) is 11.7. The molecule has 0 aliphatic carbocycles. The Kier molecular flexibility index (Phi) is 2.99. The highest BCUT2D eigenvalue weighted by molar-refractivity contribution is 9.10. The molecule has 1 aromatic heterocycles. The van der Waals surface area contributed by atoms with Crippen molar-refractivity contribution in [3.63, 3.8) is 0 Å². The lowest BCUT2D eigenvalue weighted by Crippen LogP contribution is -2.02. The largest absolute Gasteiger partial charge is 0.507 e. The zero-order valence-electron chi connectivity index (χ0n) is 10.1. The van der Waals surface area contributed by atoms with Crippen LogP contribution < -0.4 is 5.43 Å². The van der Waals surface area contributed by atoms with Crippen molar-refractivity contribution in [3.8, 4) is 22.8 Å². The van der Waals surface area contributed by atoms with Gasteiger partial charge in [-0.05, 0) is 30.3 Å². The van der Waals surface area contributed by atoms with Crippen molar-refractivity contribution in [1.29, 1.82) is 0 Å². The van der Waals surface area contributed by atoms with Crippen LogP contribution in [0.25, 0.3) is 22.3 Å². The van der Waals surface area contributed by atoms with Crippen LogP contribution in [0.15, 0.2) is 56.1 Å². The topological polar surface area (TPSA) is 70.7 Å². The summed E-state index contributed by atoms with van der Waals surface area (Å²) in [6.45, 7) is 0. The van der Waals surface area contributed by atoms with Crippen LogP contribution in [-0.4, -0.2) is 10.2 Å². The fraction of sp³-hybridized carbons (Fsp3) is 0. The molecule has 0 unspecified atom stereocenters. The Bertz CT molecular complexity index is 867. The van der Waals surface area contributed by atoms with E-state index in [-0.39, 0.29) is 22.5 Å². The molecule has 0 bridgehead atoms. The van der Waals surface area contributed by atoms with Crippen molar-refractivity contribution in [2.75, 3.05) is 0 Å². The molecule has 0 fully saturated rings. The van der Waals surface area contributed by atoms with E-state index >= 15 is 0 Å². The summed E-state index contributed by atoms with van der Waals surface area (Å²) in [6, 6.07) is 11.3. The van der Waals surface area contributed by atoms with Gasteiger partial charge in [-0.3, -0.25) is 4.79 Å². The molecule has 3 aromatic rings. The van der Waals surface area contributed by atoms with E-state index in [2.05, 4.69) is 15.9 Å². The molecule has 0 saturated heterocycles. The Morgan fingerprint density at radius 1 is 1.05 bits per heavy atom. The van der Waals surface area contributed by atoms with Crippen LogP contribution in [0.5, 0.6) is 11.5 Å². The number of para-hydroxylation sites is 1. The van der Waals surface area contributed by atoms with Crippen LogP contribution in [-0.2, 0) is 0 Å². The van der Waals surface area contributed by atoms with Gasteiger partial charge in [-0.2, -0.15) is 0 Å². The molecular weight excluding hydrogens is 324 g/mol. The van der Waals surface area contributed by atoms with Crippen LogP contribution in [0.1, 0.15) is 0 Å². The van der Waals surface area contributed by atoms with E-state index in [1.165, 1.54) is 6.07 Å². The Morgan fingerprint density at radius 2 is 1.80 bits per heavy atom. The Morgan fingerprint density at radius 3 is 2.55 bits per heavy atom. The molecular formula is C15H9BrO4. The number of benzene rings is 2. The van der Waals surface area contributed by atoms with Gasteiger partial charge in [-0.15, -0.1) is 0 Å². The summed E-state index contributed by atoms with van der Waals surface area (Å²) in [7, 11) is 0. The monoisotopic (exact) mass is 332 g/mol. The van der Waals surface area contributed by atoms with Gasteiger partial charge in [0.15, 0.2) is 5.76 Å². The molecule has 1 heterocycles. The van der Waals surface area contributed by atoms with Crippen LogP contribution in [0.2, 0.25) is 0 Å². The number of rotatable bonds is 1. The summed E-state index contributed by atoms with van der Waals surface area (Å²) in [4.78, 5) is 12.2. The van der Waals surface area contributed by atoms with E-state index in [0.29, 0.717) is 10.1 Å². The van der Waals surface area contributed by atoms with Crippen molar-refractivity contribution >= 4 is 26.9 Å². The average molecular weight is 333 g/mol. The van der Waals surface area contributed by atoms with Crippen LogP contribution in [0, 0.1) is 0 Å². The quantitative estimate of drug-likeness (QED) is 0.713. The molecule has 5 heteroatoms. The van der Waals surface area contributed by atoms with E-state index in [9.17, 15) is 15.0 Å². The molecule has 0 amide bonds. The lowest BCUT2D eigenvalue weighted by molar-refractivity contribution is 0.443. The van der Waals surface area contributed by atoms with E-state index in [1.54, 1.807) is 36.4 Å². The van der Waals surface area contributed by atoms with Gasteiger partial charge in [0.2, 0.25) is 11.2 Å². The van der Waals surface area contributed by atoms with Gasteiger partial charge in [0.1, 0.15) is 11.3 Å². The fourth-order valence-corrected chi connectivity index (χ4v) is 2.37. The van der Waals surface area contributed by atoms with Gasteiger partial charge < -0.3 is 14.6 Å². The first kappa shape index (κ1) is 12.7. The first-order valence-corrected chi connectivity index (χ1v) is 6.61. The fourth-order valence-electron chi connectivity index (χ4n) is 2.01. The van der Waals surface area contributed by atoms with Crippen molar-refractivity contribution in [2.45, 2.75) is 0 Å². The maximum Gasteiger partial charge on any atom is 0.235 e. The third-order valence-electron chi connectivity index (χ3n) is 2.98. The first-order valence-electron chi connectivity index (χ1n) is 5.81. The lowest BCUT2D eigenvalue weighted by atomic mass is 10.1. The number of phenolic OH excluding ortho intramolecular Hbond substituents is 1. The second-order valence-electron chi connectivity index (χ2n) is 4.27. The number of halogens is 1. The molecule has 0 radical (unpaired) electrons. The Labute approximate surface area is 122 Å². The Balaban J connectivity index is 2.39. The summed E-state index contributed by atoms with van der Waals surface area (Å²) in [5.41, 5.74) is 0.0759. The summed E-state index contributed by atoms with van der Waals surface area (Å²) in [5.74, 6) is -0.623. The number of aromatic hydroxyl groups is 2. The summed E-state index contributed by atoms with van der Waals surface area (Å²) >= 11 is 3.26. The molecule has 0 aliphatic heterocycles. The van der Waals surface area contributed by atoms with Crippen molar-refractivity contribution in [2.24, 2.45) is 0 Å². The second-order valence-corrected chi connectivity index (χ2v) is 5.18. The van der Waals surface area contributed by atoms with Crippen molar-refractivity contribution in [1.82, 2.24) is 0 Å². The second kappa shape index (κ2) is 4.68. The molecule has 0 saturated carbocycles. The minimum atomic E-state index is -0.536. The van der Waals surface area contributed by atoms with Crippen LogP contribution in [0.4, 0.5) is 0 Å². The van der Waals surface area contributed by atoms with Gasteiger partial charge in [-0.25, -0.2) is 0 Å². The number of phenols is 1. The third kappa shape index (κ3) is 1.96. The molecule has 2 aromatic carbocycles. The minimum absolute atomic E-state index is 0.0390. The van der Waals surface area contributed by atoms with E-state index in [4.69, 9.17) is 4.42 Å². The first-order chi connectivity index (χ1) is 9.58. The van der Waals surface area contributed by atoms with Gasteiger partial charge in [0, 0.05) is 4.47 Å². The van der Waals surface area contributed by atoms with Gasteiger partial charge in [0.25, 0.3) is 0 Å². The molecule has 2 N–H and O–H groups in total. The molecule has 4 nitrogen and oxygen atoms in total. The maximum absolute atomic E-state index is 12.2. The molecule has 0 atom stereocenters. The van der Waals surface area contributed by atoms with Crippen molar-refractivity contribution in [3.05, 3.63) is 57.2 Å². The van der Waals surface area contributed by atoms with Gasteiger partial charge >= 0.3 is 0 Å². The summed E-state index contributed by atoms with van der Waals surface area (Å²) in [5, 5.41) is 20.1. The summed E-state index contributed by atoms with van der Waals surface area (Å²) in [6.07, 6.45) is 0. The Hall–Kier alpha value is -2.27. The predicted octanol–water partition coefficient (Wildman–Crippen LogP) is 3.63. The lowest BCUT2D eigenvalue weighted by Gasteiger charge is -2.07. The van der Waals surface area contributed by atoms with E-state index < -0.39 is 11.2 Å². The predicted molar refractivity (Wildman–Crippen MR) is 78.9 cm³/mol. The minimum Gasteiger partial charge on any atom is -0.507 e. The number of fused-ring (bicyclic) bond motifs is 1. The highest BCUT2D eigenvalue weighted by Crippen LogP contribution is 2.35. The number of hydrogen-bond donors (Lipinski definition) is 2. The molecule has 100 valence electrons. The summed E-state index contributed by atoms with van der Waals surface area (Å²) < 4.78 is 6.28. The number of hydrogen-bond acceptors (Lipinski definition) is 4. The zero-order chi connectivity index (χ0) is 14.3.